The molecule has 0 N–H and O–H groups in total. The summed E-state index contributed by atoms with van der Waals surface area (Å²) in [6.45, 7) is 4.60. The molecule has 0 saturated carbocycles. The molecular weight excluding hydrogens is 492 g/mol. The number of hydrogen-bond acceptors (Lipinski definition) is 5. The van der Waals surface area contributed by atoms with Gasteiger partial charge in [0.25, 0.3) is 0 Å². The minimum atomic E-state index is -0.0652. The summed E-state index contributed by atoms with van der Waals surface area (Å²) >= 11 is 0. The van der Waals surface area contributed by atoms with Crippen molar-refractivity contribution >= 4 is 21.9 Å². The molecule has 0 radical (unpaired) electrons. The average molecular weight is 517 g/mol. The van der Waals surface area contributed by atoms with Crippen molar-refractivity contribution in [1.29, 1.82) is 0 Å². The largest absolute Gasteiger partial charge is 0.456 e. The van der Waals surface area contributed by atoms with Gasteiger partial charge in [0.1, 0.15) is 16.9 Å². The number of aromatic nitrogens is 4. The number of rotatable bonds is 3. The van der Waals surface area contributed by atoms with E-state index in [0.29, 0.717) is 23.2 Å². The first-order chi connectivity index (χ1) is 19.6. The first kappa shape index (κ1) is 22.8. The molecule has 40 heavy (non-hydrogen) atoms. The molecule has 0 bridgehead atoms. The topological polar surface area (TPSA) is 64.7 Å². The Bertz CT molecular complexity index is 2020. The van der Waals surface area contributed by atoms with Crippen molar-refractivity contribution in [3.05, 3.63) is 120 Å². The van der Waals surface area contributed by atoms with E-state index in [9.17, 15) is 0 Å². The van der Waals surface area contributed by atoms with Crippen LogP contribution in [0.3, 0.4) is 0 Å². The van der Waals surface area contributed by atoms with Gasteiger partial charge in [-0.3, -0.25) is 4.98 Å². The van der Waals surface area contributed by atoms with Crippen LogP contribution in [0.1, 0.15) is 25.0 Å². The summed E-state index contributed by atoms with van der Waals surface area (Å²) < 4.78 is 6.47. The number of fused-ring (bicyclic) bond motifs is 6. The van der Waals surface area contributed by atoms with Crippen LogP contribution >= 0.6 is 0 Å². The molecule has 0 atom stereocenters. The van der Waals surface area contributed by atoms with E-state index in [1.165, 1.54) is 22.3 Å². The normalized spacial score (nSPS) is 13.4. The highest BCUT2D eigenvalue weighted by Gasteiger charge is 2.36. The van der Waals surface area contributed by atoms with Crippen LogP contribution in [0.2, 0.25) is 0 Å². The summed E-state index contributed by atoms with van der Waals surface area (Å²) in [6.07, 6.45) is 1.75. The van der Waals surface area contributed by atoms with E-state index >= 15 is 0 Å². The SMILES string of the molecule is CC1(C)c2ccccc2-c2cc3oc4cc(-c5nc(-c6ccccc6)nc(-c6ccccn6)n5)ccc4c3cc21. The summed E-state index contributed by atoms with van der Waals surface area (Å²) in [4.78, 5) is 18.9. The van der Waals surface area contributed by atoms with Gasteiger partial charge in [-0.15, -0.1) is 0 Å². The second-order valence-corrected chi connectivity index (χ2v) is 10.8. The van der Waals surface area contributed by atoms with Gasteiger partial charge in [-0.05, 0) is 58.7 Å². The van der Waals surface area contributed by atoms with Crippen molar-refractivity contribution < 1.29 is 4.42 Å². The minimum absolute atomic E-state index is 0.0652. The highest BCUT2D eigenvalue weighted by atomic mass is 16.3. The van der Waals surface area contributed by atoms with Crippen LogP contribution in [0.4, 0.5) is 0 Å². The van der Waals surface area contributed by atoms with Crippen LogP contribution in [0.5, 0.6) is 0 Å². The Kier molecular flexibility index (Phi) is 4.80. The zero-order valence-corrected chi connectivity index (χ0v) is 22.1. The Hall–Kier alpha value is -5.16. The van der Waals surface area contributed by atoms with Crippen LogP contribution in [0.15, 0.2) is 114 Å². The van der Waals surface area contributed by atoms with E-state index in [4.69, 9.17) is 19.4 Å². The summed E-state index contributed by atoms with van der Waals surface area (Å²) in [5, 5.41) is 2.20. The monoisotopic (exact) mass is 516 g/mol. The number of nitrogens with zero attached hydrogens (tertiary/aromatic N) is 4. The minimum Gasteiger partial charge on any atom is -0.456 e. The first-order valence-corrected chi connectivity index (χ1v) is 13.4. The van der Waals surface area contributed by atoms with Gasteiger partial charge >= 0.3 is 0 Å². The maximum absolute atomic E-state index is 6.47. The predicted molar refractivity (Wildman–Crippen MR) is 159 cm³/mol. The van der Waals surface area contributed by atoms with E-state index in [1.54, 1.807) is 6.20 Å². The molecule has 1 aliphatic rings. The van der Waals surface area contributed by atoms with Gasteiger partial charge < -0.3 is 4.42 Å². The second-order valence-electron chi connectivity index (χ2n) is 10.8. The average Bonchev–Trinajstić information content (AvgIpc) is 3.48. The van der Waals surface area contributed by atoms with E-state index in [2.05, 4.69) is 67.4 Å². The lowest BCUT2D eigenvalue weighted by Gasteiger charge is -2.21. The lowest BCUT2D eigenvalue weighted by molar-refractivity contribution is 0.658. The van der Waals surface area contributed by atoms with Crippen molar-refractivity contribution in [1.82, 2.24) is 19.9 Å². The number of hydrogen-bond donors (Lipinski definition) is 0. The van der Waals surface area contributed by atoms with Crippen molar-refractivity contribution in [2.45, 2.75) is 19.3 Å². The van der Waals surface area contributed by atoms with Crippen molar-refractivity contribution in [2.24, 2.45) is 0 Å². The summed E-state index contributed by atoms with van der Waals surface area (Å²) in [5.74, 6) is 1.72. The summed E-state index contributed by atoms with van der Waals surface area (Å²) in [5.41, 5.74) is 9.33. The quantitative estimate of drug-likeness (QED) is 0.236. The molecule has 7 aromatic rings. The third-order valence-electron chi connectivity index (χ3n) is 7.99. The van der Waals surface area contributed by atoms with E-state index in [-0.39, 0.29) is 5.41 Å². The second kappa shape index (κ2) is 8.42. The molecule has 0 spiro atoms. The molecule has 0 saturated heterocycles. The Labute approximate surface area is 231 Å². The van der Waals surface area contributed by atoms with Crippen LogP contribution in [-0.4, -0.2) is 19.9 Å². The maximum atomic E-state index is 6.47. The molecule has 5 nitrogen and oxygen atoms in total. The molecule has 8 rings (SSSR count). The van der Waals surface area contributed by atoms with Crippen molar-refractivity contribution in [3.8, 4) is 45.4 Å². The van der Waals surface area contributed by atoms with Gasteiger partial charge in [0.2, 0.25) is 0 Å². The van der Waals surface area contributed by atoms with Crippen molar-refractivity contribution in [3.63, 3.8) is 0 Å². The number of pyridine rings is 1. The number of furan rings is 1. The van der Waals surface area contributed by atoms with Crippen LogP contribution in [0, 0.1) is 0 Å². The molecule has 5 heteroatoms. The molecule has 0 fully saturated rings. The van der Waals surface area contributed by atoms with Gasteiger partial charge in [0.15, 0.2) is 17.5 Å². The Morgan fingerprint density at radius 3 is 2.10 bits per heavy atom. The smallest absolute Gasteiger partial charge is 0.182 e. The predicted octanol–water partition coefficient (Wildman–Crippen LogP) is 8.47. The molecule has 0 aliphatic heterocycles. The maximum Gasteiger partial charge on any atom is 0.182 e. The zero-order valence-electron chi connectivity index (χ0n) is 22.1. The van der Waals surface area contributed by atoms with Gasteiger partial charge in [-0.2, -0.15) is 0 Å². The fraction of sp³-hybridized carbons (Fsp3) is 0.0857. The molecule has 0 amide bonds. The Morgan fingerprint density at radius 2 is 1.27 bits per heavy atom. The number of benzene rings is 4. The van der Waals surface area contributed by atoms with Gasteiger partial charge in [-0.25, -0.2) is 15.0 Å². The third kappa shape index (κ3) is 3.41. The van der Waals surface area contributed by atoms with Crippen molar-refractivity contribution in [2.75, 3.05) is 0 Å². The lowest BCUT2D eigenvalue weighted by Crippen LogP contribution is -2.14. The lowest BCUT2D eigenvalue weighted by atomic mass is 9.82. The fourth-order valence-corrected chi connectivity index (χ4v) is 5.94. The van der Waals surface area contributed by atoms with Gasteiger partial charge in [0, 0.05) is 33.5 Å². The Balaban J connectivity index is 1.30. The van der Waals surface area contributed by atoms with E-state index in [0.717, 1.165) is 33.1 Å². The molecule has 3 aromatic heterocycles. The van der Waals surface area contributed by atoms with E-state index < -0.39 is 0 Å². The molecule has 0 unspecified atom stereocenters. The third-order valence-corrected chi connectivity index (χ3v) is 7.99. The van der Waals surface area contributed by atoms with E-state index in [1.807, 2.05) is 54.6 Å². The highest BCUT2D eigenvalue weighted by molar-refractivity contribution is 6.08. The summed E-state index contributed by atoms with van der Waals surface area (Å²) in [7, 11) is 0. The van der Waals surface area contributed by atoms with Crippen LogP contribution < -0.4 is 0 Å². The molecule has 190 valence electrons. The zero-order chi connectivity index (χ0) is 26.8. The molecule has 3 heterocycles. The first-order valence-electron chi connectivity index (χ1n) is 13.4. The highest BCUT2D eigenvalue weighted by Crippen LogP contribution is 2.50. The Morgan fingerprint density at radius 1 is 0.550 bits per heavy atom. The van der Waals surface area contributed by atoms with Crippen LogP contribution in [0.25, 0.3) is 67.4 Å². The summed E-state index contributed by atoms with van der Waals surface area (Å²) in [6, 6.07) is 35.1. The fourth-order valence-electron chi connectivity index (χ4n) is 5.94. The van der Waals surface area contributed by atoms with Gasteiger partial charge in [0.05, 0.1) is 0 Å². The molecule has 4 aromatic carbocycles. The van der Waals surface area contributed by atoms with Crippen LogP contribution in [-0.2, 0) is 5.41 Å². The van der Waals surface area contributed by atoms with Gasteiger partial charge in [-0.1, -0.05) is 80.6 Å². The molecule has 1 aliphatic carbocycles. The standard InChI is InChI=1S/C35H24N4O/c1-35(2)27-13-7-6-12-23(27)25-20-31-26(19-28(25)35)24-16-15-22(18-30(24)40-31)33-37-32(21-10-4-3-5-11-21)38-34(39-33)29-14-8-9-17-36-29/h3-20H,1-2H3. The molecular formula is C35H24N4O.